The number of aromatic nitrogens is 2. The lowest BCUT2D eigenvalue weighted by Crippen LogP contribution is -2.14. The second-order valence-corrected chi connectivity index (χ2v) is 6.56. The minimum atomic E-state index is -0.102. The normalized spacial score (nSPS) is 11.1. The fourth-order valence-corrected chi connectivity index (χ4v) is 3.04. The molecule has 0 atom stereocenters. The third-order valence-corrected chi connectivity index (χ3v) is 5.11. The molecule has 24 heavy (non-hydrogen) atoms. The number of rotatable bonds is 2. The summed E-state index contributed by atoms with van der Waals surface area (Å²) in [4.78, 5) is 20.2. The molecule has 2 N–H and O–H groups in total. The molecular formula is C20H23N3O. The van der Waals surface area contributed by atoms with E-state index in [2.05, 4.69) is 55.1 Å². The van der Waals surface area contributed by atoms with Crippen LogP contribution in [0.25, 0.3) is 10.9 Å². The molecule has 0 amide bonds. The van der Waals surface area contributed by atoms with Gasteiger partial charge in [0, 0.05) is 5.69 Å². The minimum absolute atomic E-state index is 0.102. The second kappa shape index (κ2) is 5.78. The van der Waals surface area contributed by atoms with Crippen molar-refractivity contribution in [3.05, 3.63) is 61.9 Å². The summed E-state index contributed by atoms with van der Waals surface area (Å²) in [6.07, 6.45) is 0. The Morgan fingerprint density at radius 1 is 0.875 bits per heavy atom. The van der Waals surface area contributed by atoms with Crippen molar-refractivity contribution in [2.24, 2.45) is 0 Å². The van der Waals surface area contributed by atoms with Gasteiger partial charge in [0.1, 0.15) is 0 Å². The number of aryl methyl sites for hydroxylation is 4. The van der Waals surface area contributed by atoms with Crippen LogP contribution in [-0.2, 0) is 0 Å². The van der Waals surface area contributed by atoms with Crippen LogP contribution in [0.4, 0.5) is 11.6 Å². The Balaban J connectivity index is 2.17. The van der Waals surface area contributed by atoms with Crippen molar-refractivity contribution in [2.75, 3.05) is 5.32 Å². The fourth-order valence-electron chi connectivity index (χ4n) is 3.04. The number of H-pyrrole nitrogens is 1. The quantitative estimate of drug-likeness (QED) is 0.730. The number of fused-ring (bicyclic) bond motifs is 1. The van der Waals surface area contributed by atoms with Gasteiger partial charge in [0.25, 0.3) is 5.56 Å². The molecule has 0 bridgehead atoms. The van der Waals surface area contributed by atoms with Crippen molar-refractivity contribution in [3.63, 3.8) is 0 Å². The summed E-state index contributed by atoms with van der Waals surface area (Å²) in [5.74, 6) is 0.474. The van der Waals surface area contributed by atoms with Crippen LogP contribution < -0.4 is 10.9 Å². The molecule has 0 saturated heterocycles. The van der Waals surface area contributed by atoms with Crippen LogP contribution in [0.2, 0.25) is 0 Å². The predicted molar refractivity (Wildman–Crippen MR) is 101 cm³/mol. The van der Waals surface area contributed by atoms with E-state index in [1.807, 2.05) is 19.9 Å². The van der Waals surface area contributed by atoms with E-state index < -0.39 is 0 Å². The summed E-state index contributed by atoms with van der Waals surface area (Å²) in [5.41, 5.74) is 8.42. The number of nitrogens with zero attached hydrogens (tertiary/aromatic N) is 1. The molecule has 1 heterocycles. The molecule has 0 fully saturated rings. The lowest BCUT2D eigenvalue weighted by Gasteiger charge is -2.14. The zero-order valence-corrected chi connectivity index (χ0v) is 15.1. The Morgan fingerprint density at radius 2 is 1.54 bits per heavy atom. The first-order chi connectivity index (χ1) is 11.3. The van der Waals surface area contributed by atoms with Gasteiger partial charge in [0.2, 0.25) is 5.95 Å². The van der Waals surface area contributed by atoms with Crippen LogP contribution in [-0.4, -0.2) is 9.97 Å². The molecular weight excluding hydrogens is 298 g/mol. The van der Waals surface area contributed by atoms with Crippen molar-refractivity contribution in [3.8, 4) is 0 Å². The molecule has 1 aromatic heterocycles. The number of hydrogen-bond acceptors (Lipinski definition) is 3. The van der Waals surface area contributed by atoms with Gasteiger partial charge in [-0.25, -0.2) is 4.98 Å². The number of benzene rings is 2. The van der Waals surface area contributed by atoms with E-state index in [0.717, 1.165) is 27.9 Å². The maximum Gasteiger partial charge on any atom is 0.260 e. The summed E-state index contributed by atoms with van der Waals surface area (Å²) >= 11 is 0. The van der Waals surface area contributed by atoms with Gasteiger partial charge in [-0.2, -0.15) is 0 Å². The van der Waals surface area contributed by atoms with Crippen LogP contribution in [0.5, 0.6) is 0 Å². The Kier molecular flexibility index (Phi) is 3.91. The second-order valence-electron chi connectivity index (χ2n) is 6.56. The standard InChI is InChI=1S/C20H23N3O/c1-10-7-8-16(9-11(10)2)21-20-22-18-15(6)13(4)12(3)14(5)17(18)19(24)23-20/h7-9H,1-6H3,(H2,21,22,23,24). The molecule has 0 aliphatic rings. The molecule has 0 spiro atoms. The van der Waals surface area contributed by atoms with Crippen LogP contribution in [0.3, 0.4) is 0 Å². The summed E-state index contributed by atoms with van der Waals surface area (Å²) in [7, 11) is 0. The average Bonchev–Trinajstić information content (AvgIpc) is 2.54. The van der Waals surface area contributed by atoms with Crippen molar-refractivity contribution in [1.82, 2.24) is 9.97 Å². The Labute approximate surface area is 142 Å². The third kappa shape index (κ3) is 2.58. The minimum Gasteiger partial charge on any atom is -0.326 e. The van der Waals surface area contributed by atoms with Gasteiger partial charge in [0.05, 0.1) is 10.9 Å². The van der Waals surface area contributed by atoms with E-state index in [1.165, 1.54) is 16.7 Å². The maximum absolute atomic E-state index is 12.6. The van der Waals surface area contributed by atoms with Crippen molar-refractivity contribution in [1.29, 1.82) is 0 Å². The SMILES string of the molecule is Cc1ccc(Nc2nc3c(C)c(C)c(C)c(C)c3c(=O)[nH]2)cc1C. The molecule has 0 radical (unpaired) electrons. The highest BCUT2D eigenvalue weighted by Gasteiger charge is 2.14. The average molecular weight is 321 g/mol. The predicted octanol–water partition coefficient (Wildman–Crippen LogP) is 4.52. The summed E-state index contributed by atoms with van der Waals surface area (Å²) in [6.45, 7) is 12.3. The molecule has 3 aromatic rings. The largest absolute Gasteiger partial charge is 0.326 e. The summed E-state index contributed by atoms with van der Waals surface area (Å²) in [5, 5.41) is 3.90. The van der Waals surface area contributed by atoms with E-state index in [0.29, 0.717) is 11.3 Å². The summed E-state index contributed by atoms with van der Waals surface area (Å²) < 4.78 is 0. The highest BCUT2D eigenvalue weighted by Crippen LogP contribution is 2.26. The highest BCUT2D eigenvalue weighted by atomic mass is 16.1. The monoisotopic (exact) mass is 321 g/mol. The zero-order chi connectivity index (χ0) is 17.6. The van der Waals surface area contributed by atoms with Gasteiger partial charge < -0.3 is 5.32 Å². The molecule has 3 rings (SSSR count). The van der Waals surface area contributed by atoms with E-state index in [-0.39, 0.29) is 5.56 Å². The lowest BCUT2D eigenvalue weighted by atomic mass is 9.95. The van der Waals surface area contributed by atoms with E-state index in [1.54, 1.807) is 0 Å². The Bertz CT molecular complexity index is 1020. The number of aromatic amines is 1. The van der Waals surface area contributed by atoms with Gasteiger partial charge in [-0.1, -0.05) is 6.07 Å². The van der Waals surface area contributed by atoms with Gasteiger partial charge >= 0.3 is 0 Å². The van der Waals surface area contributed by atoms with Gasteiger partial charge in [-0.05, 0) is 87.1 Å². The number of nitrogens with one attached hydrogen (secondary N) is 2. The van der Waals surface area contributed by atoms with Gasteiger partial charge in [-0.15, -0.1) is 0 Å². The molecule has 0 aliphatic heterocycles. The molecule has 4 heteroatoms. The molecule has 4 nitrogen and oxygen atoms in total. The summed E-state index contributed by atoms with van der Waals surface area (Å²) in [6, 6.07) is 6.10. The molecule has 0 aliphatic carbocycles. The smallest absolute Gasteiger partial charge is 0.260 e. The van der Waals surface area contributed by atoms with Crippen molar-refractivity contribution >= 4 is 22.5 Å². The van der Waals surface area contributed by atoms with Crippen molar-refractivity contribution in [2.45, 2.75) is 41.5 Å². The van der Waals surface area contributed by atoms with Gasteiger partial charge in [0.15, 0.2) is 0 Å². The topological polar surface area (TPSA) is 57.8 Å². The highest BCUT2D eigenvalue weighted by molar-refractivity contribution is 5.87. The Morgan fingerprint density at radius 3 is 2.21 bits per heavy atom. The molecule has 0 unspecified atom stereocenters. The van der Waals surface area contributed by atoms with E-state index in [4.69, 9.17) is 0 Å². The Hall–Kier alpha value is -2.62. The zero-order valence-electron chi connectivity index (χ0n) is 15.1. The number of hydrogen-bond donors (Lipinski definition) is 2. The van der Waals surface area contributed by atoms with Crippen LogP contribution in [0, 0.1) is 41.5 Å². The lowest BCUT2D eigenvalue weighted by molar-refractivity contribution is 1.14. The van der Waals surface area contributed by atoms with Crippen LogP contribution >= 0.6 is 0 Å². The third-order valence-electron chi connectivity index (χ3n) is 5.11. The maximum atomic E-state index is 12.6. The van der Waals surface area contributed by atoms with E-state index >= 15 is 0 Å². The number of anilines is 2. The first kappa shape index (κ1) is 16.2. The molecule has 0 saturated carbocycles. The first-order valence-corrected chi connectivity index (χ1v) is 8.14. The molecule has 2 aromatic carbocycles. The first-order valence-electron chi connectivity index (χ1n) is 8.14. The van der Waals surface area contributed by atoms with E-state index in [9.17, 15) is 4.79 Å². The van der Waals surface area contributed by atoms with Crippen LogP contribution in [0.1, 0.15) is 33.4 Å². The molecule has 124 valence electrons. The van der Waals surface area contributed by atoms with Crippen molar-refractivity contribution < 1.29 is 0 Å². The van der Waals surface area contributed by atoms with Gasteiger partial charge in [-0.3, -0.25) is 9.78 Å². The van der Waals surface area contributed by atoms with Crippen LogP contribution in [0.15, 0.2) is 23.0 Å². The fraction of sp³-hybridized carbons (Fsp3) is 0.300.